The van der Waals surface area contributed by atoms with Crippen molar-refractivity contribution in [3.05, 3.63) is 58.6 Å². The number of halogens is 1. The number of amides is 3. The topological polar surface area (TPSA) is 102 Å². The fraction of sp³-hybridized carbons (Fsp3) is 0.571. The quantitative estimate of drug-likeness (QED) is 0.420. The lowest BCUT2D eigenvalue weighted by Crippen LogP contribution is -2.44. The van der Waals surface area contributed by atoms with Gasteiger partial charge in [-0.15, -0.1) is 0 Å². The molecule has 4 aliphatic rings. The zero-order valence-corrected chi connectivity index (χ0v) is 29.0. The molecule has 2 atom stereocenters. The van der Waals surface area contributed by atoms with E-state index >= 15 is 0 Å². The maximum absolute atomic E-state index is 13.8. The fourth-order valence-corrected chi connectivity index (χ4v) is 9.10. The van der Waals surface area contributed by atoms with E-state index in [0.717, 1.165) is 43.0 Å². The van der Waals surface area contributed by atoms with Gasteiger partial charge < -0.3 is 24.5 Å². The molecule has 0 spiro atoms. The van der Waals surface area contributed by atoms with Gasteiger partial charge in [-0.05, 0) is 74.4 Å². The number of piperidine rings is 1. The van der Waals surface area contributed by atoms with Crippen LogP contribution in [0, 0.1) is 24.7 Å². The standard InChI is InChI=1S/C35H46ClN5O5S/c1-25-8-9-30(20-32(25)36)41(34(43)27-10-14-38(15-11-27)26(2)42)13-5-12-37-21-28-23-40(24-29(28)22-37)35(44)31-6-3-4-7-33(31)39-16-18-47(45,46)19-17-39/h3-4,6-9,20,27-29H,5,10-19,21-24H2,1-2H3. The zero-order chi connectivity index (χ0) is 33.3. The predicted molar refractivity (Wildman–Crippen MR) is 185 cm³/mol. The summed E-state index contributed by atoms with van der Waals surface area (Å²) in [6.45, 7) is 10.3. The van der Waals surface area contributed by atoms with E-state index in [1.807, 2.05) is 69.0 Å². The van der Waals surface area contributed by atoms with Gasteiger partial charge in [0.25, 0.3) is 5.91 Å². The van der Waals surface area contributed by atoms with Gasteiger partial charge in [0.2, 0.25) is 11.8 Å². The number of carbonyl (C=O) groups is 3. The predicted octanol–water partition coefficient (Wildman–Crippen LogP) is 3.57. The summed E-state index contributed by atoms with van der Waals surface area (Å²) in [6.07, 6.45) is 2.16. The molecule has 2 aromatic carbocycles. The van der Waals surface area contributed by atoms with Gasteiger partial charge in [-0.3, -0.25) is 14.4 Å². The summed E-state index contributed by atoms with van der Waals surface area (Å²) < 4.78 is 23.9. The molecule has 47 heavy (non-hydrogen) atoms. The van der Waals surface area contributed by atoms with Crippen LogP contribution >= 0.6 is 11.6 Å². The second-order valence-electron chi connectivity index (χ2n) is 13.7. The number of carbonyl (C=O) groups excluding carboxylic acids is 3. The van der Waals surface area contributed by atoms with E-state index < -0.39 is 9.84 Å². The van der Waals surface area contributed by atoms with Crippen LogP contribution in [-0.2, 0) is 19.4 Å². The third-order valence-corrected chi connectivity index (χ3v) is 12.6. The van der Waals surface area contributed by atoms with Crippen LogP contribution in [0.1, 0.15) is 42.1 Å². The van der Waals surface area contributed by atoms with Crippen LogP contribution in [0.3, 0.4) is 0 Å². The first-order valence-electron chi connectivity index (χ1n) is 16.9. The van der Waals surface area contributed by atoms with Crippen molar-refractivity contribution in [2.75, 3.05) is 86.8 Å². The second kappa shape index (κ2) is 14.1. The maximum Gasteiger partial charge on any atom is 0.255 e. The molecule has 3 amide bonds. The van der Waals surface area contributed by atoms with E-state index in [4.69, 9.17) is 11.6 Å². The van der Waals surface area contributed by atoms with Crippen molar-refractivity contribution in [1.82, 2.24) is 14.7 Å². The van der Waals surface area contributed by atoms with E-state index in [2.05, 4.69) is 4.90 Å². The molecule has 4 fully saturated rings. The summed E-state index contributed by atoms with van der Waals surface area (Å²) in [4.78, 5) is 49.6. The van der Waals surface area contributed by atoms with Crippen molar-refractivity contribution >= 4 is 50.5 Å². The Labute approximate surface area is 283 Å². The van der Waals surface area contributed by atoms with Crippen LogP contribution in [0.5, 0.6) is 0 Å². The van der Waals surface area contributed by atoms with E-state index in [9.17, 15) is 22.8 Å². The van der Waals surface area contributed by atoms with Crippen molar-refractivity contribution in [3.8, 4) is 0 Å². The van der Waals surface area contributed by atoms with Crippen LogP contribution < -0.4 is 9.80 Å². The molecule has 0 radical (unpaired) electrons. The highest BCUT2D eigenvalue weighted by Crippen LogP contribution is 2.34. The summed E-state index contributed by atoms with van der Waals surface area (Å²) in [5, 5.41) is 0.643. The average Bonchev–Trinajstić information content (AvgIpc) is 3.63. The lowest BCUT2D eigenvalue weighted by atomic mass is 9.94. The van der Waals surface area contributed by atoms with E-state index in [1.54, 1.807) is 6.92 Å². The van der Waals surface area contributed by atoms with E-state index in [1.165, 1.54) is 0 Å². The van der Waals surface area contributed by atoms with Gasteiger partial charge in [-0.25, -0.2) is 8.42 Å². The smallest absolute Gasteiger partial charge is 0.255 e. The molecule has 0 bridgehead atoms. The molecule has 4 saturated heterocycles. The normalized spacial score (nSPS) is 23.2. The molecule has 4 aliphatic heterocycles. The third kappa shape index (κ3) is 7.62. The fourth-order valence-electron chi connectivity index (χ4n) is 7.72. The molecular weight excluding hydrogens is 638 g/mol. The molecule has 2 unspecified atom stereocenters. The minimum absolute atomic E-state index is 0.0232. The number of aryl methyl sites for hydroxylation is 1. The molecule has 6 rings (SSSR count). The summed E-state index contributed by atoms with van der Waals surface area (Å²) in [5.74, 6) is 1.12. The van der Waals surface area contributed by atoms with Crippen LogP contribution in [0.4, 0.5) is 11.4 Å². The molecule has 0 aliphatic carbocycles. The Kier molecular flexibility index (Phi) is 10.2. The summed E-state index contributed by atoms with van der Waals surface area (Å²) in [7, 11) is -3.01. The second-order valence-corrected chi connectivity index (χ2v) is 16.4. The number of fused-ring (bicyclic) bond motifs is 1. The van der Waals surface area contributed by atoms with Crippen LogP contribution in [-0.4, -0.2) is 118 Å². The van der Waals surface area contributed by atoms with Crippen LogP contribution in [0.25, 0.3) is 0 Å². The van der Waals surface area contributed by atoms with Crippen LogP contribution in [0.15, 0.2) is 42.5 Å². The Morgan fingerprint density at radius 1 is 0.894 bits per heavy atom. The van der Waals surface area contributed by atoms with Gasteiger partial charge in [0.1, 0.15) is 0 Å². The number of nitrogens with zero attached hydrogens (tertiary/aromatic N) is 5. The first-order valence-corrected chi connectivity index (χ1v) is 19.1. The van der Waals surface area contributed by atoms with E-state index in [0.29, 0.717) is 81.1 Å². The Hall–Kier alpha value is -3.15. The van der Waals surface area contributed by atoms with Crippen molar-refractivity contribution in [1.29, 1.82) is 0 Å². The Balaban J connectivity index is 1.04. The minimum Gasteiger partial charge on any atom is -0.369 e. The van der Waals surface area contributed by atoms with Gasteiger partial charge >= 0.3 is 0 Å². The van der Waals surface area contributed by atoms with Crippen molar-refractivity contribution in [2.45, 2.75) is 33.1 Å². The number of benzene rings is 2. The molecule has 4 heterocycles. The van der Waals surface area contributed by atoms with E-state index in [-0.39, 0.29) is 35.1 Å². The average molecular weight is 684 g/mol. The SMILES string of the molecule is CC(=O)N1CCC(C(=O)N(CCCN2CC3CN(C(=O)c4ccccc4N4CCS(=O)(=O)CC4)CC3C2)c2ccc(C)c(Cl)c2)CC1. The molecule has 12 heteroatoms. The monoisotopic (exact) mass is 683 g/mol. The number of para-hydroxylation sites is 1. The summed E-state index contributed by atoms with van der Waals surface area (Å²) in [5.41, 5.74) is 3.26. The Bertz CT molecular complexity index is 1580. The summed E-state index contributed by atoms with van der Waals surface area (Å²) >= 11 is 6.48. The summed E-state index contributed by atoms with van der Waals surface area (Å²) in [6, 6.07) is 13.4. The van der Waals surface area contributed by atoms with Gasteiger partial charge in [0, 0.05) is 88.1 Å². The van der Waals surface area contributed by atoms with Crippen LogP contribution in [0.2, 0.25) is 5.02 Å². The van der Waals surface area contributed by atoms with Crippen molar-refractivity contribution < 1.29 is 22.8 Å². The first kappa shape index (κ1) is 33.7. The maximum atomic E-state index is 13.8. The number of hydrogen-bond donors (Lipinski definition) is 0. The molecule has 0 N–H and O–H groups in total. The molecular formula is C35H46ClN5O5S. The van der Waals surface area contributed by atoms with Crippen molar-refractivity contribution in [2.24, 2.45) is 17.8 Å². The highest BCUT2D eigenvalue weighted by atomic mass is 35.5. The van der Waals surface area contributed by atoms with Crippen molar-refractivity contribution in [3.63, 3.8) is 0 Å². The minimum atomic E-state index is -3.01. The van der Waals surface area contributed by atoms with Gasteiger partial charge in [-0.1, -0.05) is 29.8 Å². The Morgan fingerprint density at radius 2 is 1.55 bits per heavy atom. The molecule has 10 nitrogen and oxygen atoms in total. The molecule has 2 aromatic rings. The molecule has 0 saturated carbocycles. The molecule has 254 valence electrons. The van der Waals surface area contributed by atoms with Gasteiger partial charge in [-0.2, -0.15) is 0 Å². The number of hydrogen-bond acceptors (Lipinski definition) is 7. The highest BCUT2D eigenvalue weighted by molar-refractivity contribution is 7.91. The lowest BCUT2D eigenvalue weighted by Gasteiger charge is -2.34. The Morgan fingerprint density at radius 3 is 2.19 bits per heavy atom. The van der Waals surface area contributed by atoms with Gasteiger partial charge in [0.15, 0.2) is 9.84 Å². The third-order valence-electron chi connectivity index (χ3n) is 10.5. The number of sulfone groups is 1. The number of rotatable bonds is 8. The molecule has 0 aromatic heterocycles. The lowest BCUT2D eigenvalue weighted by molar-refractivity contribution is -0.133. The van der Waals surface area contributed by atoms with Gasteiger partial charge in [0.05, 0.1) is 17.1 Å². The largest absolute Gasteiger partial charge is 0.369 e. The highest BCUT2D eigenvalue weighted by Gasteiger charge is 2.42. The first-order chi connectivity index (χ1) is 22.5. The number of anilines is 2. The number of likely N-dealkylation sites (tertiary alicyclic amines) is 3. The zero-order valence-electron chi connectivity index (χ0n) is 27.4.